The molecule has 0 saturated carbocycles. The number of hydrogen-bond donors (Lipinski definition) is 0. The van der Waals surface area contributed by atoms with Crippen LogP contribution in [0.1, 0.15) is 40.8 Å². The molecule has 0 bridgehead atoms. The third-order valence-corrected chi connectivity index (χ3v) is 5.51. The molecular formula is C21H30N6O. The lowest BCUT2D eigenvalue weighted by atomic mass is 10.2. The minimum absolute atomic E-state index is 0.140. The molecule has 7 nitrogen and oxygen atoms in total. The van der Waals surface area contributed by atoms with Crippen LogP contribution in [0.4, 0.5) is 5.82 Å². The van der Waals surface area contributed by atoms with E-state index >= 15 is 0 Å². The standard InChI is InChI=1S/C21H30N6O/c1-6-26(13-17-8-7-10-22-12-17)21(28)19-23-16(3)15(2)20(24-19)27-11-9-18(14-27)25(4)5/h7-8,10,12,18H,6,9,11,13-14H2,1-5H3/t18-/m1/s1. The van der Waals surface area contributed by atoms with Crippen LogP contribution in [0, 0.1) is 13.8 Å². The third-order valence-electron chi connectivity index (χ3n) is 5.51. The maximum atomic E-state index is 13.1. The molecule has 0 aliphatic carbocycles. The van der Waals surface area contributed by atoms with E-state index in [9.17, 15) is 4.79 Å². The highest BCUT2D eigenvalue weighted by molar-refractivity contribution is 5.91. The molecule has 0 unspecified atom stereocenters. The van der Waals surface area contributed by atoms with Crippen LogP contribution in [0.3, 0.4) is 0 Å². The molecule has 0 spiro atoms. The first-order chi connectivity index (χ1) is 13.4. The summed E-state index contributed by atoms with van der Waals surface area (Å²) >= 11 is 0. The lowest BCUT2D eigenvalue weighted by Gasteiger charge is -2.24. The van der Waals surface area contributed by atoms with Crippen molar-refractivity contribution >= 4 is 11.7 Å². The largest absolute Gasteiger partial charge is 0.355 e. The molecule has 1 fully saturated rings. The Labute approximate surface area is 167 Å². The highest BCUT2D eigenvalue weighted by Gasteiger charge is 2.28. The quantitative estimate of drug-likeness (QED) is 0.764. The number of nitrogens with zero attached hydrogens (tertiary/aromatic N) is 6. The van der Waals surface area contributed by atoms with Crippen molar-refractivity contribution in [2.45, 2.75) is 39.8 Å². The molecule has 1 aliphatic heterocycles. The maximum Gasteiger partial charge on any atom is 0.292 e. The van der Waals surface area contributed by atoms with E-state index in [1.165, 1.54) is 0 Å². The minimum Gasteiger partial charge on any atom is -0.355 e. The van der Waals surface area contributed by atoms with Crippen LogP contribution in [0.2, 0.25) is 0 Å². The minimum atomic E-state index is -0.140. The van der Waals surface area contributed by atoms with Crippen molar-refractivity contribution in [1.82, 2.24) is 24.8 Å². The van der Waals surface area contributed by atoms with Crippen LogP contribution in [0.5, 0.6) is 0 Å². The van der Waals surface area contributed by atoms with Crippen LogP contribution >= 0.6 is 0 Å². The van der Waals surface area contributed by atoms with Crippen molar-refractivity contribution in [1.29, 1.82) is 0 Å². The number of pyridine rings is 1. The first kappa shape index (κ1) is 20.2. The Morgan fingerprint density at radius 2 is 2.07 bits per heavy atom. The highest BCUT2D eigenvalue weighted by Crippen LogP contribution is 2.25. The average Bonchev–Trinajstić information content (AvgIpc) is 3.18. The summed E-state index contributed by atoms with van der Waals surface area (Å²) in [5.74, 6) is 1.02. The van der Waals surface area contributed by atoms with Crippen LogP contribution in [-0.4, -0.2) is 70.4 Å². The Balaban J connectivity index is 1.85. The molecule has 0 aromatic carbocycles. The van der Waals surface area contributed by atoms with E-state index in [0.717, 1.165) is 42.1 Å². The van der Waals surface area contributed by atoms with Crippen LogP contribution < -0.4 is 4.90 Å². The van der Waals surface area contributed by atoms with Gasteiger partial charge in [-0.05, 0) is 52.9 Å². The molecule has 1 saturated heterocycles. The smallest absolute Gasteiger partial charge is 0.292 e. The summed E-state index contributed by atoms with van der Waals surface area (Å²) in [4.78, 5) is 32.8. The number of rotatable bonds is 6. The van der Waals surface area contributed by atoms with E-state index in [0.29, 0.717) is 19.1 Å². The number of anilines is 1. The number of carbonyl (C=O) groups is 1. The van der Waals surface area contributed by atoms with E-state index < -0.39 is 0 Å². The zero-order chi connectivity index (χ0) is 20.3. The summed E-state index contributed by atoms with van der Waals surface area (Å²) < 4.78 is 0. The van der Waals surface area contributed by atoms with Gasteiger partial charge in [0.2, 0.25) is 5.82 Å². The van der Waals surface area contributed by atoms with Gasteiger partial charge in [0.1, 0.15) is 5.82 Å². The Kier molecular flexibility index (Phi) is 6.24. The van der Waals surface area contributed by atoms with Gasteiger partial charge in [0.15, 0.2) is 0 Å². The molecule has 1 amide bonds. The van der Waals surface area contributed by atoms with Gasteiger partial charge in [-0.15, -0.1) is 0 Å². The molecule has 0 radical (unpaired) electrons. The van der Waals surface area contributed by atoms with Crippen molar-refractivity contribution in [2.75, 3.05) is 38.6 Å². The number of carbonyl (C=O) groups excluding carboxylic acids is 1. The Bertz CT molecular complexity index is 823. The maximum absolute atomic E-state index is 13.1. The number of amides is 1. The van der Waals surface area contributed by atoms with Crippen molar-refractivity contribution in [3.8, 4) is 0 Å². The Morgan fingerprint density at radius 1 is 1.29 bits per heavy atom. The van der Waals surface area contributed by atoms with E-state index in [4.69, 9.17) is 4.98 Å². The second kappa shape index (κ2) is 8.65. The lowest BCUT2D eigenvalue weighted by Crippen LogP contribution is -2.34. The molecule has 7 heteroatoms. The molecule has 0 N–H and O–H groups in total. The predicted octanol–water partition coefficient (Wildman–Crippen LogP) is 2.29. The van der Waals surface area contributed by atoms with Gasteiger partial charge in [-0.2, -0.15) is 0 Å². The van der Waals surface area contributed by atoms with Crippen molar-refractivity contribution in [3.63, 3.8) is 0 Å². The van der Waals surface area contributed by atoms with Gasteiger partial charge in [0, 0.05) is 55.9 Å². The molecule has 1 aliphatic rings. The molecular weight excluding hydrogens is 352 g/mol. The normalized spacial score (nSPS) is 16.6. The summed E-state index contributed by atoms with van der Waals surface area (Å²) in [6.45, 7) is 8.92. The number of hydrogen-bond acceptors (Lipinski definition) is 6. The summed E-state index contributed by atoms with van der Waals surface area (Å²) in [6.07, 6.45) is 4.62. The van der Waals surface area contributed by atoms with Gasteiger partial charge >= 0.3 is 0 Å². The van der Waals surface area contributed by atoms with E-state index in [-0.39, 0.29) is 11.7 Å². The number of aryl methyl sites for hydroxylation is 1. The van der Waals surface area contributed by atoms with Crippen molar-refractivity contribution in [3.05, 3.63) is 47.2 Å². The fourth-order valence-electron chi connectivity index (χ4n) is 3.55. The lowest BCUT2D eigenvalue weighted by molar-refractivity contribution is 0.0740. The number of likely N-dealkylation sites (N-methyl/N-ethyl adjacent to an activating group) is 1. The van der Waals surface area contributed by atoms with Gasteiger partial charge in [0.25, 0.3) is 5.91 Å². The van der Waals surface area contributed by atoms with Gasteiger partial charge in [0.05, 0.1) is 0 Å². The third kappa shape index (κ3) is 4.30. The zero-order valence-corrected chi connectivity index (χ0v) is 17.5. The zero-order valence-electron chi connectivity index (χ0n) is 17.5. The topological polar surface area (TPSA) is 65.5 Å². The van der Waals surface area contributed by atoms with Crippen LogP contribution in [-0.2, 0) is 6.54 Å². The Hall–Kier alpha value is -2.54. The fourth-order valence-corrected chi connectivity index (χ4v) is 3.55. The summed E-state index contributed by atoms with van der Waals surface area (Å²) in [5.41, 5.74) is 2.90. The molecule has 3 heterocycles. The highest BCUT2D eigenvalue weighted by atomic mass is 16.2. The molecule has 2 aromatic heterocycles. The number of aromatic nitrogens is 3. The predicted molar refractivity (Wildman–Crippen MR) is 110 cm³/mol. The summed E-state index contributed by atoms with van der Waals surface area (Å²) in [6, 6.07) is 4.36. The van der Waals surface area contributed by atoms with Gasteiger partial charge in [-0.1, -0.05) is 6.07 Å². The van der Waals surface area contributed by atoms with Gasteiger partial charge < -0.3 is 14.7 Å². The monoisotopic (exact) mass is 382 g/mol. The Morgan fingerprint density at radius 3 is 2.68 bits per heavy atom. The molecule has 28 heavy (non-hydrogen) atoms. The fraction of sp³-hybridized carbons (Fsp3) is 0.524. The van der Waals surface area contributed by atoms with E-state index in [1.807, 2.05) is 32.9 Å². The molecule has 1 atom stereocenters. The van der Waals surface area contributed by atoms with E-state index in [2.05, 4.69) is 33.9 Å². The van der Waals surface area contributed by atoms with Crippen molar-refractivity contribution < 1.29 is 4.79 Å². The van der Waals surface area contributed by atoms with Crippen LogP contribution in [0.15, 0.2) is 24.5 Å². The van der Waals surface area contributed by atoms with Crippen LogP contribution in [0.25, 0.3) is 0 Å². The summed E-state index contributed by atoms with van der Waals surface area (Å²) in [5, 5.41) is 0. The molecule has 150 valence electrons. The molecule has 3 rings (SSSR count). The SMILES string of the molecule is CCN(Cc1cccnc1)C(=O)c1nc(C)c(C)c(N2CC[C@@H](N(C)C)C2)n1. The van der Waals surface area contributed by atoms with Gasteiger partial charge in [-0.3, -0.25) is 9.78 Å². The second-order valence-electron chi connectivity index (χ2n) is 7.61. The van der Waals surface area contributed by atoms with Gasteiger partial charge in [-0.25, -0.2) is 9.97 Å². The summed E-state index contributed by atoms with van der Waals surface area (Å²) in [7, 11) is 4.22. The second-order valence-corrected chi connectivity index (χ2v) is 7.61. The van der Waals surface area contributed by atoms with Crippen molar-refractivity contribution in [2.24, 2.45) is 0 Å². The first-order valence-electron chi connectivity index (χ1n) is 9.85. The molecule has 2 aromatic rings. The van der Waals surface area contributed by atoms with E-state index in [1.54, 1.807) is 17.3 Å². The average molecular weight is 383 g/mol. The first-order valence-corrected chi connectivity index (χ1v) is 9.85.